The number of carbonyl (C=O) groups excluding carboxylic acids is 1. The molecule has 0 amide bonds. The van der Waals surface area contributed by atoms with Crippen molar-refractivity contribution in [3.63, 3.8) is 0 Å². The highest BCUT2D eigenvalue weighted by Gasteiger charge is 2.27. The van der Waals surface area contributed by atoms with Gasteiger partial charge in [-0.25, -0.2) is 4.39 Å². The van der Waals surface area contributed by atoms with Crippen LogP contribution in [-0.4, -0.2) is 27.3 Å². The summed E-state index contributed by atoms with van der Waals surface area (Å²) in [7, 11) is 0. The first kappa shape index (κ1) is 19.7. The van der Waals surface area contributed by atoms with E-state index < -0.39 is 11.7 Å². The Bertz CT molecular complexity index is 925. The predicted octanol–water partition coefficient (Wildman–Crippen LogP) is 5.10. The standard InChI is InChI=1S/C22H24FN3O2/c1-3-5-15-28-22-24-20(18-13-9-10-14-19(18)23)26(25-22)21(27)17(4-2)16-11-7-6-8-12-16/h6-14,17H,3-5,15H2,1-2H3. The van der Waals surface area contributed by atoms with Gasteiger partial charge in [-0.2, -0.15) is 9.67 Å². The van der Waals surface area contributed by atoms with Crippen molar-refractivity contribution >= 4 is 5.91 Å². The van der Waals surface area contributed by atoms with E-state index in [9.17, 15) is 9.18 Å². The van der Waals surface area contributed by atoms with E-state index in [1.165, 1.54) is 10.7 Å². The van der Waals surface area contributed by atoms with Gasteiger partial charge >= 0.3 is 6.01 Å². The second-order valence-electron chi connectivity index (χ2n) is 6.52. The van der Waals surface area contributed by atoms with E-state index >= 15 is 0 Å². The molecular weight excluding hydrogens is 357 g/mol. The van der Waals surface area contributed by atoms with Crippen LogP contribution < -0.4 is 4.74 Å². The van der Waals surface area contributed by atoms with E-state index in [1.54, 1.807) is 18.2 Å². The highest BCUT2D eigenvalue weighted by Crippen LogP contribution is 2.27. The van der Waals surface area contributed by atoms with Crippen LogP contribution in [0.25, 0.3) is 11.4 Å². The van der Waals surface area contributed by atoms with Gasteiger partial charge in [0.05, 0.1) is 18.1 Å². The van der Waals surface area contributed by atoms with E-state index in [0.29, 0.717) is 13.0 Å². The molecular formula is C22H24FN3O2. The third-order valence-electron chi connectivity index (χ3n) is 4.55. The van der Waals surface area contributed by atoms with Gasteiger partial charge in [0.25, 0.3) is 5.91 Å². The van der Waals surface area contributed by atoms with Gasteiger partial charge in [-0.3, -0.25) is 4.79 Å². The van der Waals surface area contributed by atoms with E-state index in [2.05, 4.69) is 17.0 Å². The number of hydrogen-bond acceptors (Lipinski definition) is 4. The summed E-state index contributed by atoms with van der Waals surface area (Å²) < 4.78 is 21.2. The third kappa shape index (κ3) is 4.27. The normalized spacial score (nSPS) is 12.0. The largest absolute Gasteiger partial charge is 0.462 e. The monoisotopic (exact) mass is 381 g/mol. The summed E-state index contributed by atoms with van der Waals surface area (Å²) in [5, 5.41) is 4.26. The van der Waals surface area contributed by atoms with Crippen LogP contribution >= 0.6 is 0 Å². The van der Waals surface area contributed by atoms with E-state index in [4.69, 9.17) is 4.74 Å². The molecule has 3 aromatic rings. The molecule has 1 unspecified atom stereocenters. The second kappa shape index (κ2) is 9.26. The van der Waals surface area contributed by atoms with Crippen LogP contribution in [0.4, 0.5) is 4.39 Å². The van der Waals surface area contributed by atoms with Crippen LogP contribution in [0.15, 0.2) is 54.6 Å². The fourth-order valence-electron chi connectivity index (χ4n) is 3.02. The lowest BCUT2D eigenvalue weighted by molar-refractivity contribution is 0.0858. The van der Waals surface area contributed by atoms with Crippen molar-refractivity contribution in [1.29, 1.82) is 0 Å². The number of rotatable bonds is 8. The number of nitrogens with zero attached hydrogens (tertiary/aromatic N) is 3. The Labute approximate surface area is 164 Å². The van der Waals surface area contributed by atoms with Gasteiger partial charge in [-0.15, -0.1) is 5.10 Å². The van der Waals surface area contributed by atoms with Crippen molar-refractivity contribution in [1.82, 2.24) is 14.8 Å². The summed E-state index contributed by atoms with van der Waals surface area (Å²) in [6.45, 7) is 4.44. The zero-order chi connectivity index (χ0) is 19.9. The molecule has 0 N–H and O–H groups in total. The predicted molar refractivity (Wildman–Crippen MR) is 106 cm³/mol. The maximum atomic E-state index is 14.4. The molecule has 28 heavy (non-hydrogen) atoms. The van der Waals surface area contributed by atoms with Gasteiger partial charge in [0.2, 0.25) is 0 Å². The van der Waals surface area contributed by atoms with Crippen LogP contribution in [0, 0.1) is 5.82 Å². The molecule has 0 radical (unpaired) electrons. The molecule has 0 saturated heterocycles. The van der Waals surface area contributed by atoms with Crippen molar-refractivity contribution in [2.45, 2.75) is 39.0 Å². The number of carbonyl (C=O) groups is 1. The highest BCUT2D eigenvalue weighted by molar-refractivity contribution is 5.88. The Morgan fingerprint density at radius 1 is 1.11 bits per heavy atom. The molecule has 1 aromatic heterocycles. The van der Waals surface area contributed by atoms with E-state index in [0.717, 1.165) is 18.4 Å². The third-order valence-corrected chi connectivity index (χ3v) is 4.55. The number of unbranched alkanes of at least 4 members (excludes halogenated alkanes) is 1. The molecule has 0 spiro atoms. The average Bonchev–Trinajstić information content (AvgIpc) is 3.14. The lowest BCUT2D eigenvalue weighted by Crippen LogP contribution is -2.22. The van der Waals surface area contributed by atoms with E-state index in [-0.39, 0.29) is 23.3 Å². The minimum Gasteiger partial charge on any atom is -0.462 e. The van der Waals surface area contributed by atoms with Gasteiger partial charge < -0.3 is 4.74 Å². The summed E-state index contributed by atoms with van der Waals surface area (Å²) in [5.74, 6) is -0.970. The van der Waals surface area contributed by atoms with Crippen molar-refractivity contribution in [3.8, 4) is 17.4 Å². The lowest BCUT2D eigenvalue weighted by atomic mass is 9.95. The molecule has 1 heterocycles. The summed E-state index contributed by atoms with van der Waals surface area (Å²) in [6.07, 6.45) is 2.40. The second-order valence-corrected chi connectivity index (χ2v) is 6.52. The molecule has 5 nitrogen and oxygen atoms in total. The zero-order valence-electron chi connectivity index (χ0n) is 16.1. The minimum absolute atomic E-state index is 0.0861. The van der Waals surface area contributed by atoms with Crippen LogP contribution in [-0.2, 0) is 0 Å². The van der Waals surface area contributed by atoms with E-state index in [1.807, 2.05) is 37.3 Å². The highest BCUT2D eigenvalue weighted by atomic mass is 19.1. The van der Waals surface area contributed by atoms with Crippen LogP contribution in [0.2, 0.25) is 0 Å². The molecule has 0 aliphatic rings. The first-order valence-electron chi connectivity index (χ1n) is 9.59. The van der Waals surface area contributed by atoms with Crippen molar-refractivity contribution in [2.24, 2.45) is 0 Å². The summed E-state index contributed by atoms with van der Waals surface area (Å²) in [5.41, 5.74) is 1.11. The van der Waals surface area contributed by atoms with Crippen molar-refractivity contribution < 1.29 is 13.9 Å². The summed E-state index contributed by atoms with van der Waals surface area (Å²) in [4.78, 5) is 17.6. The molecule has 1 atom stereocenters. The minimum atomic E-state index is -0.461. The zero-order valence-corrected chi connectivity index (χ0v) is 16.1. The average molecular weight is 381 g/mol. The fourth-order valence-corrected chi connectivity index (χ4v) is 3.02. The van der Waals surface area contributed by atoms with Crippen LogP contribution in [0.5, 0.6) is 6.01 Å². The van der Waals surface area contributed by atoms with Gasteiger partial charge in [-0.05, 0) is 30.5 Å². The number of benzene rings is 2. The number of hydrogen-bond donors (Lipinski definition) is 0. The molecule has 3 rings (SSSR count). The fraction of sp³-hybridized carbons (Fsp3) is 0.318. The SMILES string of the molecule is CCCCOc1nc(-c2ccccc2F)n(C(=O)C(CC)c2ccccc2)n1. The molecule has 6 heteroatoms. The Hall–Kier alpha value is -3.02. The molecule has 0 aliphatic heterocycles. The van der Waals surface area contributed by atoms with Gasteiger partial charge in [0, 0.05) is 0 Å². The first-order valence-corrected chi connectivity index (χ1v) is 9.59. The molecule has 0 saturated carbocycles. The van der Waals surface area contributed by atoms with Crippen molar-refractivity contribution in [2.75, 3.05) is 6.61 Å². The topological polar surface area (TPSA) is 57.0 Å². The van der Waals surface area contributed by atoms with Gasteiger partial charge in [0.15, 0.2) is 5.82 Å². The molecule has 0 bridgehead atoms. The maximum Gasteiger partial charge on any atom is 0.336 e. The Balaban J connectivity index is 2.02. The summed E-state index contributed by atoms with van der Waals surface area (Å²) >= 11 is 0. The number of halogens is 1. The van der Waals surface area contributed by atoms with Gasteiger partial charge in [-0.1, -0.05) is 62.7 Å². The van der Waals surface area contributed by atoms with Crippen molar-refractivity contribution in [3.05, 3.63) is 66.0 Å². The Kier molecular flexibility index (Phi) is 6.53. The number of aromatic nitrogens is 3. The quantitative estimate of drug-likeness (QED) is 0.510. The Morgan fingerprint density at radius 2 is 1.82 bits per heavy atom. The van der Waals surface area contributed by atoms with Crippen LogP contribution in [0.1, 0.15) is 49.4 Å². The molecule has 146 valence electrons. The first-order chi connectivity index (χ1) is 13.7. The lowest BCUT2D eigenvalue weighted by Gasteiger charge is -2.15. The van der Waals surface area contributed by atoms with Gasteiger partial charge in [0.1, 0.15) is 5.82 Å². The summed E-state index contributed by atoms with van der Waals surface area (Å²) in [6, 6.07) is 15.8. The maximum absolute atomic E-state index is 14.4. The Morgan fingerprint density at radius 3 is 2.50 bits per heavy atom. The molecule has 0 fully saturated rings. The number of ether oxygens (including phenoxy) is 1. The molecule has 0 aliphatic carbocycles. The smallest absolute Gasteiger partial charge is 0.336 e. The molecule has 2 aromatic carbocycles. The van der Waals surface area contributed by atoms with Crippen LogP contribution in [0.3, 0.4) is 0 Å².